The van der Waals surface area contributed by atoms with E-state index in [1.54, 1.807) is 0 Å². The van der Waals surface area contributed by atoms with Crippen LogP contribution in [0.2, 0.25) is 0 Å². The van der Waals surface area contributed by atoms with Gasteiger partial charge >= 0.3 is 0 Å². The highest BCUT2D eigenvalue weighted by Gasteiger charge is 2.29. The number of hydrogen-bond donors (Lipinski definition) is 2. The number of nitrogens with two attached hydrogens (primary N) is 1. The van der Waals surface area contributed by atoms with E-state index in [0.29, 0.717) is 5.56 Å². The van der Waals surface area contributed by atoms with E-state index in [0.717, 1.165) is 30.4 Å². The van der Waals surface area contributed by atoms with Crippen molar-refractivity contribution in [2.45, 2.75) is 25.5 Å². The van der Waals surface area contributed by atoms with Crippen molar-refractivity contribution in [3.05, 3.63) is 23.4 Å². The van der Waals surface area contributed by atoms with E-state index in [2.05, 4.69) is 28.9 Å². The second-order valence-corrected chi connectivity index (χ2v) is 7.14. The molecule has 1 aliphatic heterocycles. The summed E-state index contributed by atoms with van der Waals surface area (Å²) < 4.78 is 0.187. The molecular formula is C13H20N4OS. The number of hydrogen-bond acceptors (Lipinski definition) is 5. The maximum atomic E-state index is 8.90. The Morgan fingerprint density at radius 3 is 2.89 bits per heavy atom. The van der Waals surface area contributed by atoms with Gasteiger partial charge < -0.3 is 15.8 Å². The van der Waals surface area contributed by atoms with Crippen LogP contribution in [0.25, 0.3) is 0 Å². The first kappa shape index (κ1) is 14.0. The largest absolute Gasteiger partial charge is 0.409 e. The highest BCUT2D eigenvalue weighted by molar-refractivity contribution is 8.00. The highest BCUT2D eigenvalue weighted by Crippen LogP contribution is 2.32. The van der Waals surface area contributed by atoms with Crippen molar-refractivity contribution in [2.75, 3.05) is 23.7 Å². The van der Waals surface area contributed by atoms with Crippen LogP contribution in [0.3, 0.4) is 0 Å². The third kappa shape index (κ3) is 3.12. The Labute approximate surface area is 117 Å². The van der Waals surface area contributed by atoms with Crippen LogP contribution in [0.4, 0.5) is 5.82 Å². The molecule has 5 nitrogen and oxygen atoms in total. The first-order valence-corrected chi connectivity index (χ1v) is 7.26. The lowest BCUT2D eigenvalue weighted by Gasteiger charge is -2.39. The summed E-state index contributed by atoms with van der Waals surface area (Å²) in [5.74, 6) is 1.97. The van der Waals surface area contributed by atoms with Gasteiger partial charge in [-0.3, -0.25) is 0 Å². The monoisotopic (exact) mass is 280 g/mol. The van der Waals surface area contributed by atoms with E-state index in [4.69, 9.17) is 10.9 Å². The number of thioether (sulfide) groups is 1. The molecule has 6 heteroatoms. The topological polar surface area (TPSA) is 74.7 Å². The second-order valence-electron chi connectivity index (χ2n) is 5.34. The van der Waals surface area contributed by atoms with Crippen molar-refractivity contribution < 1.29 is 5.21 Å². The van der Waals surface area contributed by atoms with Crippen LogP contribution >= 0.6 is 11.8 Å². The van der Waals surface area contributed by atoms with Crippen molar-refractivity contribution in [2.24, 2.45) is 10.9 Å². The molecule has 1 aromatic heterocycles. The molecule has 2 heterocycles. The molecular weight excluding hydrogens is 260 g/mol. The number of anilines is 1. The zero-order chi connectivity index (χ0) is 14.0. The summed E-state index contributed by atoms with van der Waals surface area (Å²) >= 11 is 1.96. The maximum Gasteiger partial charge on any atom is 0.173 e. The smallest absolute Gasteiger partial charge is 0.173 e. The zero-order valence-electron chi connectivity index (χ0n) is 11.6. The third-order valence-electron chi connectivity index (χ3n) is 3.12. The van der Waals surface area contributed by atoms with E-state index in [1.165, 1.54) is 0 Å². The van der Waals surface area contributed by atoms with Gasteiger partial charge in [0.2, 0.25) is 0 Å². The standard InChI is InChI=1S/C13H20N4OS/c1-9-4-5-10(11(14)16-18)12(15-9)17-6-7-19-13(2,3)8-17/h4-5,18H,6-8H2,1-3H3,(H2,14,16). The number of aryl methyl sites for hydroxylation is 1. The van der Waals surface area contributed by atoms with E-state index < -0.39 is 0 Å². The van der Waals surface area contributed by atoms with Crippen molar-refractivity contribution in [3.63, 3.8) is 0 Å². The van der Waals surface area contributed by atoms with Crippen molar-refractivity contribution in [3.8, 4) is 0 Å². The first-order valence-electron chi connectivity index (χ1n) is 6.27. The Hall–Kier alpha value is -1.43. The lowest BCUT2D eigenvalue weighted by molar-refractivity contribution is 0.318. The normalized spacial score (nSPS) is 19.5. The Morgan fingerprint density at radius 1 is 1.53 bits per heavy atom. The van der Waals surface area contributed by atoms with Crippen molar-refractivity contribution >= 4 is 23.4 Å². The van der Waals surface area contributed by atoms with Gasteiger partial charge in [0, 0.05) is 29.3 Å². The zero-order valence-corrected chi connectivity index (χ0v) is 12.4. The fourth-order valence-corrected chi connectivity index (χ4v) is 3.35. The lowest BCUT2D eigenvalue weighted by Crippen LogP contribution is -2.44. The molecule has 3 N–H and O–H groups in total. The average Bonchev–Trinajstić information content (AvgIpc) is 2.36. The van der Waals surface area contributed by atoms with Crippen LogP contribution in [-0.4, -0.2) is 39.6 Å². The Kier molecular flexibility index (Phi) is 3.89. The minimum absolute atomic E-state index is 0.110. The van der Waals surface area contributed by atoms with Gasteiger partial charge in [-0.05, 0) is 32.9 Å². The molecule has 0 radical (unpaired) electrons. The number of rotatable bonds is 2. The molecule has 0 atom stereocenters. The van der Waals surface area contributed by atoms with Gasteiger partial charge in [0.1, 0.15) is 5.82 Å². The number of oxime groups is 1. The molecule has 0 aliphatic carbocycles. The first-order chi connectivity index (χ1) is 8.93. The average molecular weight is 280 g/mol. The van der Waals surface area contributed by atoms with Crippen molar-refractivity contribution in [1.29, 1.82) is 0 Å². The molecule has 1 aliphatic rings. The van der Waals surface area contributed by atoms with Crippen LogP contribution in [0, 0.1) is 6.92 Å². The summed E-state index contributed by atoms with van der Waals surface area (Å²) in [5, 5.41) is 12.0. The molecule has 0 amide bonds. The molecule has 1 fully saturated rings. The predicted molar refractivity (Wildman–Crippen MR) is 80.2 cm³/mol. The molecule has 0 unspecified atom stereocenters. The summed E-state index contributed by atoms with van der Waals surface area (Å²) in [5.41, 5.74) is 7.37. The molecule has 19 heavy (non-hydrogen) atoms. The van der Waals surface area contributed by atoms with Crippen LogP contribution in [0.15, 0.2) is 17.3 Å². The van der Waals surface area contributed by atoms with Gasteiger partial charge in [0.05, 0.1) is 5.56 Å². The fraction of sp³-hybridized carbons (Fsp3) is 0.538. The Bertz CT molecular complexity index is 501. The van der Waals surface area contributed by atoms with Crippen LogP contribution < -0.4 is 10.6 Å². The van der Waals surface area contributed by atoms with Gasteiger partial charge in [0.15, 0.2) is 5.84 Å². The summed E-state index contributed by atoms with van der Waals surface area (Å²) in [6.45, 7) is 8.23. The van der Waals surface area contributed by atoms with E-state index in [-0.39, 0.29) is 10.6 Å². The van der Waals surface area contributed by atoms with Gasteiger partial charge in [-0.25, -0.2) is 4.98 Å². The molecule has 1 aromatic rings. The number of aromatic nitrogens is 1. The fourth-order valence-electron chi connectivity index (χ4n) is 2.24. The molecule has 0 aromatic carbocycles. The SMILES string of the molecule is Cc1ccc(/C(N)=N/O)c(N2CCSC(C)(C)C2)n1. The Balaban J connectivity index is 2.40. The quantitative estimate of drug-likeness (QED) is 0.374. The molecule has 104 valence electrons. The summed E-state index contributed by atoms with van der Waals surface area (Å²) in [6, 6.07) is 3.74. The minimum atomic E-state index is 0.110. The van der Waals surface area contributed by atoms with E-state index >= 15 is 0 Å². The molecule has 2 rings (SSSR count). The number of nitrogens with zero attached hydrogens (tertiary/aromatic N) is 3. The maximum absolute atomic E-state index is 8.90. The molecule has 0 bridgehead atoms. The number of pyridine rings is 1. The Morgan fingerprint density at radius 2 is 2.26 bits per heavy atom. The summed E-state index contributed by atoms with van der Waals surface area (Å²) in [4.78, 5) is 6.80. The van der Waals surface area contributed by atoms with E-state index in [9.17, 15) is 0 Å². The lowest BCUT2D eigenvalue weighted by atomic mass is 10.1. The van der Waals surface area contributed by atoms with Crippen LogP contribution in [0.5, 0.6) is 0 Å². The van der Waals surface area contributed by atoms with Gasteiger partial charge in [0.25, 0.3) is 0 Å². The summed E-state index contributed by atoms with van der Waals surface area (Å²) in [6.07, 6.45) is 0. The van der Waals surface area contributed by atoms with Gasteiger partial charge in [-0.15, -0.1) is 0 Å². The highest BCUT2D eigenvalue weighted by atomic mass is 32.2. The molecule has 0 spiro atoms. The summed E-state index contributed by atoms with van der Waals surface area (Å²) in [7, 11) is 0. The second kappa shape index (κ2) is 5.28. The van der Waals surface area contributed by atoms with Gasteiger partial charge in [-0.1, -0.05) is 5.16 Å². The number of amidine groups is 1. The third-order valence-corrected chi connectivity index (χ3v) is 4.42. The molecule has 1 saturated heterocycles. The van der Waals surface area contributed by atoms with Crippen LogP contribution in [-0.2, 0) is 0 Å². The van der Waals surface area contributed by atoms with E-state index in [1.807, 2.05) is 30.8 Å². The van der Waals surface area contributed by atoms with Crippen LogP contribution in [0.1, 0.15) is 25.1 Å². The minimum Gasteiger partial charge on any atom is -0.409 e. The van der Waals surface area contributed by atoms with Gasteiger partial charge in [-0.2, -0.15) is 11.8 Å². The van der Waals surface area contributed by atoms with Crippen molar-refractivity contribution in [1.82, 2.24) is 4.98 Å². The molecule has 0 saturated carbocycles. The predicted octanol–water partition coefficient (Wildman–Crippen LogP) is 1.82.